The van der Waals surface area contributed by atoms with Crippen molar-refractivity contribution in [2.75, 3.05) is 11.5 Å². The molecule has 7 heteroatoms. The van der Waals surface area contributed by atoms with Gasteiger partial charge in [-0.3, -0.25) is 0 Å². The molecule has 0 spiro atoms. The first kappa shape index (κ1) is 8.95. The van der Waals surface area contributed by atoms with Gasteiger partial charge in [-0.2, -0.15) is 16.8 Å². The van der Waals surface area contributed by atoms with E-state index in [1.807, 2.05) is 0 Å². The summed E-state index contributed by atoms with van der Waals surface area (Å²) < 4.78 is 46.7. The average molecular weight is 200 g/mol. The zero-order valence-corrected chi connectivity index (χ0v) is 7.32. The minimum Gasteiger partial charge on any atom is -0.198 e. The lowest BCUT2D eigenvalue weighted by Gasteiger charge is -1.97. The molecule has 1 aliphatic rings. The Balaban J connectivity index is 2.96. The quantitative estimate of drug-likeness (QED) is 0.524. The van der Waals surface area contributed by atoms with Crippen LogP contribution in [0.1, 0.15) is 12.8 Å². The average Bonchev–Trinajstić information content (AvgIpc) is 1.86. The van der Waals surface area contributed by atoms with Crippen LogP contribution in [0.2, 0.25) is 0 Å². The zero-order valence-electron chi connectivity index (χ0n) is 5.69. The predicted molar refractivity (Wildman–Crippen MR) is 37.9 cm³/mol. The summed E-state index contributed by atoms with van der Waals surface area (Å²) in [5.41, 5.74) is 0. The summed E-state index contributed by atoms with van der Waals surface area (Å²) in [5.74, 6) is -0.404. The lowest BCUT2D eigenvalue weighted by Crippen LogP contribution is -2.14. The summed E-state index contributed by atoms with van der Waals surface area (Å²) in [7, 11) is -7.63. The van der Waals surface area contributed by atoms with Crippen molar-refractivity contribution in [3.63, 3.8) is 0 Å². The number of hydrogen-bond donors (Lipinski definition) is 0. The maximum atomic E-state index is 10.7. The first-order valence-electron chi connectivity index (χ1n) is 3.08. The molecule has 5 nitrogen and oxygen atoms in total. The minimum absolute atomic E-state index is 0.202. The van der Waals surface area contributed by atoms with E-state index in [1.54, 1.807) is 0 Å². The maximum Gasteiger partial charge on any atom is 0.281 e. The molecule has 1 saturated heterocycles. The van der Waals surface area contributed by atoms with Crippen LogP contribution in [0.3, 0.4) is 0 Å². The molecule has 0 aliphatic carbocycles. The Morgan fingerprint density at radius 1 is 0.818 bits per heavy atom. The second kappa shape index (κ2) is 2.72. The molecule has 66 valence electrons. The fourth-order valence-electron chi connectivity index (χ4n) is 0.784. The van der Waals surface area contributed by atoms with E-state index < -0.39 is 20.2 Å². The number of rotatable bonds is 0. The van der Waals surface area contributed by atoms with Crippen LogP contribution in [0.25, 0.3) is 0 Å². The molecule has 0 unspecified atom stereocenters. The Bertz CT molecular complexity index is 289. The van der Waals surface area contributed by atoms with E-state index in [0.717, 1.165) is 0 Å². The van der Waals surface area contributed by atoms with Gasteiger partial charge in [-0.05, 0) is 12.8 Å². The third-order valence-corrected chi connectivity index (χ3v) is 4.48. The van der Waals surface area contributed by atoms with E-state index in [4.69, 9.17) is 0 Å². The second-order valence-corrected chi connectivity index (χ2v) is 5.89. The van der Waals surface area contributed by atoms with Gasteiger partial charge in [0.1, 0.15) is 0 Å². The number of hydrogen-bond acceptors (Lipinski definition) is 5. The minimum atomic E-state index is -3.81. The molecule has 0 aromatic rings. The molecule has 0 aromatic carbocycles. The first-order chi connectivity index (χ1) is 4.91. The summed E-state index contributed by atoms with van der Waals surface area (Å²) >= 11 is 0. The van der Waals surface area contributed by atoms with Crippen LogP contribution in [-0.2, 0) is 23.9 Å². The summed E-state index contributed by atoms with van der Waals surface area (Å²) in [6, 6.07) is 0. The molecule has 1 rings (SSSR count). The van der Waals surface area contributed by atoms with E-state index in [0.29, 0.717) is 12.8 Å². The predicted octanol–water partition coefficient (Wildman–Crippen LogP) is -0.544. The van der Waals surface area contributed by atoms with Gasteiger partial charge in [-0.15, -0.1) is 3.63 Å². The van der Waals surface area contributed by atoms with Gasteiger partial charge in [0.2, 0.25) is 0 Å². The third-order valence-electron chi connectivity index (χ3n) is 1.25. The summed E-state index contributed by atoms with van der Waals surface area (Å²) in [5, 5.41) is 0. The molecule has 0 saturated carbocycles. The van der Waals surface area contributed by atoms with Gasteiger partial charge < -0.3 is 0 Å². The molecule has 0 amide bonds. The van der Waals surface area contributed by atoms with Crippen LogP contribution in [0, 0.1) is 0 Å². The van der Waals surface area contributed by atoms with Crippen LogP contribution < -0.4 is 0 Å². The molecular weight excluding hydrogens is 192 g/mol. The lowest BCUT2D eigenvalue weighted by atomic mass is 10.4. The van der Waals surface area contributed by atoms with Crippen LogP contribution in [-0.4, -0.2) is 28.3 Å². The molecule has 11 heavy (non-hydrogen) atoms. The Kier molecular flexibility index (Phi) is 2.22. The molecule has 1 aliphatic heterocycles. The van der Waals surface area contributed by atoms with Gasteiger partial charge in [-0.1, -0.05) is 0 Å². The van der Waals surface area contributed by atoms with Crippen LogP contribution >= 0.6 is 0 Å². The largest absolute Gasteiger partial charge is 0.281 e. The molecule has 1 fully saturated rings. The van der Waals surface area contributed by atoms with Crippen molar-refractivity contribution >= 4 is 20.2 Å². The van der Waals surface area contributed by atoms with E-state index in [9.17, 15) is 16.8 Å². The zero-order chi connectivity index (χ0) is 8.54. The van der Waals surface area contributed by atoms with Gasteiger partial charge in [0.15, 0.2) is 0 Å². The normalized spacial score (nSPS) is 29.1. The molecule has 0 radical (unpaired) electrons. The summed E-state index contributed by atoms with van der Waals surface area (Å²) in [4.78, 5) is 0. The molecule has 0 N–H and O–H groups in total. The van der Waals surface area contributed by atoms with Gasteiger partial charge in [0, 0.05) is 0 Å². The Morgan fingerprint density at radius 2 is 1.18 bits per heavy atom. The SMILES string of the molecule is O=S1(=O)CCCCS(=O)(=O)O1. The van der Waals surface area contributed by atoms with E-state index in [1.165, 1.54) is 0 Å². The van der Waals surface area contributed by atoms with Gasteiger partial charge in [0.05, 0.1) is 11.5 Å². The molecule has 0 bridgehead atoms. The summed E-state index contributed by atoms with van der Waals surface area (Å²) in [6.07, 6.45) is 0.698. The monoisotopic (exact) mass is 200 g/mol. The standard InChI is InChI=1S/C4H8O5S2/c5-10(6)3-1-2-4-11(7,8)9-10/h1-4H2. The van der Waals surface area contributed by atoms with Crippen molar-refractivity contribution in [2.45, 2.75) is 12.8 Å². The van der Waals surface area contributed by atoms with E-state index >= 15 is 0 Å². The Morgan fingerprint density at radius 3 is 1.55 bits per heavy atom. The van der Waals surface area contributed by atoms with E-state index in [2.05, 4.69) is 3.63 Å². The molecular formula is C4H8O5S2. The summed E-state index contributed by atoms with van der Waals surface area (Å²) in [6.45, 7) is 0. The van der Waals surface area contributed by atoms with Crippen molar-refractivity contribution in [1.29, 1.82) is 0 Å². The van der Waals surface area contributed by atoms with E-state index in [-0.39, 0.29) is 11.5 Å². The smallest absolute Gasteiger partial charge is 0.198 e. The third kappa shape index (κ3) is 2.76. The lowest BCUT2D eigenvalue weighted by molar-refractivity contribution is 0.466. The second-order valence-electron chi connectivity index (χ2n) is 2.30. The fraction of sp³-hybridized carbons (Fsp3) is 1.00. The Hall–Kier alpha value is -0.140. The van der Waals surface area contributed by atoms with Crippen LogP contribution in [0.5, 0.6) is 0 Å². The maximum absolute atomic E-state index is 10.7. The van der Waals surface area contributed by atoms with Crippen molar-refractivity contribution in [1.82, 2.24) is 0 Å². The van der Waals surface area contributed by atoms with Crippen LogP contribution in [0.15, 0.2) is 0 Å². The molecule has 0 atom stereocenters. The highest BCUT2D eigenvalue weighted by Gasteiger charge is 2.25. The van der Waals surface area contributed by atoms with Crippen molar-refractivity contribution in [3.05, 3.63) is 0 Å². The highest BCUT2D eigenvalue weighted by atomic mass is 32.3. The Labute approximate surface area is 65.6 Å². The van der Waals surface area contributed by atoms with Crippen molar-refractivity contribution in [2.24, 2.45) is 0 Å². The van der Waals surface area contributed by atoms with Crippen molar-refractivity contribution in [3.8, 4) is 0 Å². The molecule has 1 heterocycles. The highest BCUT2D eigenvalue weighted by Crippen LogP contribution is 2.11. The van der Waals surface area contributed by atoms with Gasteiger partial charge in [0.25, 0.3) is 20.2 Å². The topological polar surface area (TPSA) is 77.5 Å². The first-order valence-corrected chi connectivity index (χ1v) is 6.23. The van der Waals surface area contributed by atoms with Gasteiger partial charge in [-0.25, -0.2) is 0 Å². The fourth-order valence-corrected chi connectivity index (χ4v) is 3.71. The van der Waals surface area contributed by atoms with Crippen LogP contribution in [0.4, 0.5) is 0 Å². The highest BCUT2D eigenvalue weighted by molar-refractivity contribution is 7.99. The van der Waals surface area contributed by atoms with Gasteiger partial charge >= 0.3 is 0 Å². The molecule has 0 aromatic heterocycles. The van der Waals surface area contributed by atoms with Crippen molar-refractivity contribution < 1.29 is 20.5 Å².